The van der Waals surface area contributed by atoms with E-state index in [1.807, 2.05) is 0 Å². The molecule has 0 aromatic carbocycles. The molecule has 0 spiro atoms. The molecule has 1 amide bonds. The van der Waals surface area contributed by atoms with E-state index in [9.17, 15) is 4.79 Å². The Labute approximate surface area is 123 Å². The standard InChI is InChI=1S/C13H18ClN3OS/c1-9(2)8-17(6-4-12(15)19)13(18)10-3-5-16-7-11(10)14/h3,5,7,9H,4,6,8H2,1-2H3,(H2,15,19). The molecule has 0 aliphatic carbocycles. The molecule has 0 saturated heterocycles. The monoisotopic (exact) mass is 299 g/mol. The Kier molecular flexibility index (Phi) is 6.18. The number of carbonyl (C=O) groups excluding carboxylic acids is 1. The van der Waals surface area contributed by atoms with Gasteiger partial charge in [0.2, 0.25) is 0 Å². The van der Waals surface area contributed by atoms with Crippen molar-refractivity contribution >= 4 is 34.7 Å². The Morgan fingerprint density at radius 2 is 2.26 bits per heavy atom. The van der Waals surface area contributed by atoms with E-state index in [0.29, 0.717) is 41.0 Å². The van der Waals surface area contributed by atoms with Gasteiger partial charge in [-0.1, -0.05) is 37.7 Å². The largest absolute Gasteiger partial charge is 0.393 e. The molecule has 4 nitrogen and oxygen atoms in total. The van der Waals surface area contributed by atoms with E-state index in [1.54, 1.807) is 17.2 Å². The van der Waals surface area contributed by atoms with Gasteiger partial charge in [-0.25, -0.2) is 0 Å². The predicted molar refractivity (Wildman–Crippen MR) is 81.4 cm³/mol. The van der Waals surface area contributed by atoms with Crippen LogP contribution in [0.1, 0.15) is 30.6 Å². The van der Waals surface area contributed by atoms with Crippen LogP contribution in [0.15, 0.2) is 18.5 Å². The molecule has 0 radical (unpaired) electrons. The van der Waals surface area contributed by atoms with E-state index in [4.69, 9.17) is 29.6 Å². The third-order valence-electron chi connectivity index (χ3n) is 2.50. The highest BCUT2D eigenvalue weighted by molar-refractivity contribution is 7.80. The first-order valence-corrected chi connectivity index (χ1v) is 6.87. The number of hydrogen-bond acceptors (Lipinski definition) is 3. The second-order valence-corrected chi connectivity index (χ2v) is 5.65. The third-order valence-corrected chi connectivity index (χ3v) is 3.01. The molecule has 0 fully saturated rings. The first kappa shape index (κ1) is 15.9. The molecular weight excluding hydrogens is 282 g/mol. The Bertz CT molecular complexity index is 465. The summed E-state index contributed by atoms with van der Waals surface area (Å²) in [5.41, 5.74) is 5.96. The van der Waals surface area contributed by atoms with Crippen LogP contribution in [0.3, 0.4) is 0 Å². The fourth-order valence-electron chi connectivity index (χ4n) is 1.68. The highest BCUT2D eigenvalue weighted by Gasteiger charge is 2.19. The summed E-state index contributed by atoms with van der Waals surface area (Å²) in [6.07, 6.45) is 3.53. The SMILES string of the molecule is CC(C)CN(CCC(N)=S)C(=O)c1ccncc1Cl. The van der Waals surface area contributed by atoms with Crippen molar-refractivity contribution in [3.63, 3.8) is 0 Å². The normalized spacial score (nSPS) is 10.5. The Morgan fingerprint density at radius 3 is 2.79 bits per heavy atom. The van der Waals surface area contributed by atoms with Crippen LogP contribution in [0.25, 0.3) is 0 Å². The van der Waals surface area contributed by atoms with Crippen LogP contribution in [0, 0.1) is 5.92 Å². The number of amides is 1. The smallest absolute Gasteiger partial charge is 0.255 e. The summed E-state index contributed by atoms with van der Waals surface area (Å²) in [4.78, 5) is 18.5. The number of thiocarbonyl (C=S) groups is 1. The van der Waals surface area contributed by atoms with Crippen molar-refractivity contribution in [3.8, 4) is 0 Å². The van der Waals surface area contributed by atoms with Crippen LogP contribution in [0.4, 0.5) is 0 Å². The van der Waals surface area contributed by atoms with Crippen molar-refractivity contribution in [2.75, 3.05) is 13.1 Å². The van der Waals surface area contributed by atoms with Gasteiger partial charge >= 0.3 is 0 Å². The number of halogens is 1. The van der Waals surface area contributed by atoms with E-state index in [2.05, 4.69) is 18.8 Å². The van der Waals surface area contributed by atoms with Gasteiger partial charge in [-0.15, -0.1) is 0 Å². The summed E-state index contributed by atoms with van der Waals surface area (Å²) in [5, 5.41) is 0.358. The molecule has 0 bridgehead atoms. The zero-order valence-electron chi connectivity index (χ0n) is 11.1. The minimum Gasteiger partial charge on any atom is -0.393 e. The van der Waals surface area contributed by atoms with Crippen LogP contribution >= 0.6 is 23.8 Å². The van der Waals surface area contributed by atoms with Crippen molar-refractivity contribution in [2.24, 2.45) is 11.7 Å². The van der Waals surface area contributed by atoms with E-state index in [1.165, 1.54) is 6.20 Å². The molecule has 0 aliphatic heterocycles. The van der Waals surface area contributed by atoms with Gasteiger partial charge in [-0.3, -0.25) is 9.78 Å². The second kappa shape index (κ2) is 7.40. The summed E-state index contributed by atoms with van der Waals surface area (Å²) < 4.78 is 0. The molecule has 1 aromatic rings. The molecule has 19 heavy (non-hydrogen) atoms. The lowest BCUT2D eigenvalue weighted by molar-refractivity contribution is 0.0741. The van der Waals surface area contributed by atoms with Gasteiger partial charge < -0.3 is 10.6 Å². The molecule has 6 heteroatoms. The maximum atomic E-state index is 12.4. The van der Waals surface area contributed by atoms with Crippen LogP contribution in [-0.2, 0) is 0 Å². The molecule has 0 aliphatic rings. The number of rotatable bonds is 6. The van der Waals surface area contributed by atoms with E-state index < -0.39 is 0 Å². The summed E-state index contributed by atoms with van der Waals surface area (Å²) in [5.74, 6) is 0.244. The fraction of sp³-hybridized carbons (Fsp3) is 0.462. The lowest BCUT2D eigenvalue weighted by Crippen LogP contribution is -2.36. The van der Waals surface area contributed by atoms with E-state index >= 15 is 0 Å². The van der Waals surface area contributed by atoms with E-state index in [0.717, 1.165) is 0 Å². The maximum Gasteiger partial charge on any atom is 0.255 e. The maximum absolute atomic E-state index is 12.4. The van der Waals surface area contributed by atoms with Gasteiger partial charge in [0.1, 0.15) is 0 Å². The first-order chi connectivity index (χ1) is 8.91. The highest BCUT2D eigenvalue weighted by atomic mass is 35.5. The van der Waals surface area contributed by atoms with Crippen LogP contribution in [0.2, 0.25) is 5.02 Å². The lowest BCUT2D eigenvalue weighted by atomic mass is 10.1. The van der Waals surface area contributed by atoms with Gasteiger partial charge in [-0.05, 0) is 12.0 Å². The van der Waals surface area contributed by atoms with Gasteiger partial charge in [0.05, 0.1) is 15.6 Å². The summed E-state index contributed by atoms with van der Waals surface area (Å²) >= 11 is 10.9. The number of nitrogens with zero attached hydrogens (tertiary/aromatic N) is 2. The molecule has 0 unspecified atom stereocenters. The number of carbonyl (C=O) groups is 1. The van der Waals surface area contributed by atoms with E-state index in [-0.39, 0.29) is 5.91 Å². The van der Waals surface area contributed by atoms with Crippen molar-refractivity contribution < 1.29 is 4.79 Å². The average Bonchev–Trinajstić information content (AvgIpc) is 2.33. The highest BCUT2D eigenvalue weighted by Crippen LogP contribution is 2.16. The second-order valence-electron chi connectivity index (χ2n) is 4.72. The number of nitrogens with two attached hydrogens (primary N) is 1. The van der Waals surface area contributed by atoms with Crippen molar-refractivity contribution in [1.29, 1.82) is 0 Å². The van der Waals surface area contributed by atoms with Crippen LogP contribution in [0.5, 0.6) is 0 Å². The number of pyridine rings is 1. The van der Waals surface area contributed by atoms with Crippen molar-refractivity contribution in [1.82, 2.24) is 9.88 Å². The molecule has 1 rings (SSSR count). The lowest BCUT2D eigenvalue weighted by Gasteiger charge is -2.24. The van der Waals surface area contributed by atoms with Crippen LogP contribution in [-0.4, -0.2) is 33.9 Å². The minimum absolute atomic E-state index is 0.114. The molecule has 1 aromatic heterocycles. The molecule has 2 N–H and O–H groups in total. The Morgan fingerprint density at radius 1 is 1.58 bits per heavy atom. The van der Waals surface area contributed by atoms with Crippen LogP contribution < -0.4 is 5.73 Å². The van der Waals surface area contributed by atoms with Gasteiger partial charge in [0.25, 0.3) is 5.91 Å². The molecule has 0 saturated carbocycles. The summed E-state index contributed by atoms with van der Waals surface area (Å²) in [6.45, 7) is 5.25. The van der Waals surface area contributed by atoms with Gasteiger partial charge in [-0.2, -0.15) is 0 Å². The quantitative estimate of drug-likeness (QED) is 0.820. The zero-order valence-corrected chi connectivity index (χ0v) is 12.7. The van der Waals surface area contributed by atoms with Gasteiger partial charge in [0, 0.05) is 31.9 Å². The summed E-state index contributed by atoms with van der Waals surface area (Å²) in [6, 6.07) is 1.62. The fourth-order valence-corrected chi connectivity index (χ4v) is 1.97. The molecule has 104 valence electrons. The third kappa shape index (κ3) is 5.12. The van der Waals surface area contributed by atoms with Crippen molar-refractivity contribution in [2.45, 2.75) is 20.3 Å². The number of aromatic nitrogens is 1. The predicted octanol–water partition coefficient (Wildman–Crippen LogP) is 2.51. The molecule has 1 heterocycles. The first-order valence-electron chi connectivity index (χ1n) is 6.09. The summed E-state index contributed by atoms with van der Waals surface area (Å²) in [7, 11) is 0. The topological polar surface area (TPSA) is 59.2 Å². The molecular formula is C13H18ClN3OS. The number of hydrogen-bond donors (Lipinski definition) is 1. The Balaban J connectivity index is 2.87. The minimum atomic E-state index is -0.114. The van der Waals surface area contributed by atoms with Crippen molar-refractivity contribution in [3.05, 3.63) is 29.0 Å². The van der Waals surface area contributed by atoms with Gasteiger partial charge in [0.15, 0.2) is 0 Å². The molecule has 0 atom stereocenters. The Hall–Kier alpha value is -1.20. The zero-order chi connectivity index (χ0) is 14.4. The average molecular weight is 300 g/mol.